The van der Waals surface area contributed by atoms with Gasteiger partial charge in [0, 0.05) is 109 Å². The van der Waals surface area contributed by atoms with Crippen LogP contribution in [0.4, 0.5) is 58.8 Å². The van der Waals surface area contributed by atoms with Crippen molar-refractivity contribution in [3.05, 3.63) is 235 Å². The number of ether oxygens (including phenoxy) is 1. The number of aryl methyl sites for hydroxylation is 3. The molecule has 0 saturated carbocycles. The van der Waals surface area contributed by atoms with Crippen LogP contribution in [0.5, 0.6) is 23.0 Å². The van der Waals surface area contributed by atoms with E-state index in [9.17, 15) is 84.7 Å². The van der Waals surface area contributed by atoms with Crippen LogP contribution >= 0.6 is 0 Å². The molecule has 3 amide bonds. The van der Waals surface area contributed by atoms with Crippen LogP contribution in [0, 0.1) is 44.0 Å². The van der Waals surface area contributed by atoms with Crippen LogP contribution in [-0.4, -0.2) is 208 Å². The average Bonchev–Trinajstić information content (AvgIpc) is 0.749. The number of nitrogens with zero attached hydrogens (tertiary/aromatic N) is 19. The maximum atomic E-state index is 14.5. The van der Waals surface area contributed by atoms with E-state index in [0.29, 0.717) is 103 Å². The molecule has 31 nitrogen and oxygen atoms in total. The third-order valence-electron chi connectivity index (χ3n) is 20.8. The standard InChI is InChI=1S/C23H23F4N5O4.2C21H20FN5O3.C19H19FN4O2/c1-22(2,3)36-21(35)31-9-7-30(8-10-31)19-13-11-16(23(25,26)27)32(20(34)17(13)28-12-29-19)18-14(24)5-4-6-15(18)33;2*1-3-17(29)25-7-9-26(10-8-25)20-14-11-13(2)27(21(30)18(14)23-12-24-20)19-15(22)5-4-6-16(19)28;1-12-10-13-16(21-11-22-18(13)23-8-3-2-4-9-23)19(26)24(12)17-14(20)6-5-7-15(17)25/h4-6,11-12,33H,7-10H2,1-3H3;2*3-6,11-12,28H,1,7-10H2,2H3;5-7,10-11,25H,2-4,8-9H2,1H3. The lowest BCUT2D eigenvalue weighted by Crippen LogP contribution is -2.50. The molecule has 16 rings (SSSR count). The summed E-state index contributed by atoms with van der Waals surface area (Å²) in [5, 5.41) is 42.0. The molecular weight excluding hydrogens is 1600 g/mol. The summed E-state index contributed by atoms with van der Waals surface area (Å²) >= 11 is 0. The zero-order valence-electron chi connectivity index (χ0n) is 66.8. The quantitative estimate of drug-likeness (QED) is 0.0730. The van der Waals surface area contributed by atoms with E-state index >= 15 is 0 Å². The summed E-state index contributed by atoms with van der Waals surface area (Å²) in [5.41, 5.74) is -5.06. The number of rotatable bonds is 10. The van der Waals surface area contributed by atoms with E-state index in [0.717, 1.165) is 65.4 Å². The van der Waals surface area contributed by atoms with Crippen LogP contribution in [0.25, 0.3) is 66.4 Å². The minimum atomic E-state index is -5.08. The first-order chi connectivity index (χ1) is 58.2. The smallest absolute Gasteiger partial charge is 0.431 e. The number of piperazine rings is 3. The Morgan fingerprint density at radius 3 is 0.934 bits per heavy atom. The first-order valence-corrected chi connectivity index (χ1v) is 38.5. The van der Waals surface area contributed by atoms with Crippen molar-refractivity contribution in [3.8, 4) is 45.7 Å². The molecule has 4 aromatic carbocycles. The predicted octanol–water partition coefficient (Wildman–Crippen LogP) is 10.2. The molecule has 634 valence electrons. The number of piperidine rings is 1. The van der Waals surface area contributed by atoms with Crippen LogP contribution < -0.4 is 41.8 Å². The summed E-state index contributed by atoms with van der Waals surface area (Å²) in [7, 11) is 0. The van der Waals surface area contributed by atoms with Crippen LogP contribution in [0.3, 0.4) is 0 Å². The Labute approximate surface area is 689 Å². The van der Waals surface area contributed by atoms with Gasteiger partial charge in [-0.25, -0.2) is 62.2 Å². The molecule has 4 aliphatic heterocycles. The Bertz CT molecular complexity index is 6100. The summed E-state index contributed by atoms with van der Waals surface area (Å²) < 4.78 is 109. The molecule has 4 fully saturated rings. The van der Waals surface area contributed by atoms with Gasteiger partial charge < -0.3 is 59.5 Å². The van der Waals surface area contributed by atoms with Gasteiger partial charge >= 0.3 is 12.3 Å². The predicted molar refractivity (Wildman–Crippen MR) is 440 cm³/mol. The number of hydrogen-bond acceptors (Lipinski definition) is 24. The third-order valence-corrected chi connectivity index (χ3v) is 20.8. The number of phenols is 4. The van der Waals surface area contributed by atoms with E-state index in [2.05, 4.69) is 57.9 Å². The highest BCUT2D eigenvalue weighted by Crippen LogP contribution is 2.38. The number of anilines is 4. The van der Waals surface area contributed by atoms with Crippen molar-refractivity contribution >= 4 is 84.8 Å². The number of para-hydroxylation sites is 4. The summed E-state index contributed by atoms with van der Waals surface area (Å²) in [6, 6.07) is 20.5. The highest BCUT2D eigenvalue weighted by Gasteiger charge is 2.39. The first-order valence-electron chi connectivity index (χ1n) is 38.5. The van der Waals surface area contributed by atoms with Crippen LogP contribution in [0.2, 0.25) is 0 Å². The molecule has 0 unspecified atom stereocenters. The van der Waals surface area contributed by atoms with Gasteiger partial charge in [-0.3, -0.25) is 47.0 Å². The van der Waals surface area contributed by atoms with Crippen LogP contribution in [0.1, 0.15) is 62.8 Å². The Hall–Kier alpha value is -14.4. The van der Waals surface area contributed by atoms with Gasteiger partial charge in [0.2, 0.25) is 11.8 Å². The fourth-order valence-corrected chi connectivity index (χ4v) is 15.0. The largest absolute Gasteiger partial charge is 0.506 e. The molecule has 4 N–H and O–H groups in total. The number of carbonyl (C=O) groups excluding carboxylic acids is 3. The number of fused-ring (bicyclic) bond motifs is 4. The third kappa shape index (κ3) is 17.3. The molecule has 122 heavy (non-hydrogen) atoms. The van der Waals surface area contributed by atoms with Crippen molar-refractivity contribution in [1.29, 1.82) is 0 Å². The number of carbonyl (C=O) groups is 3. The topological polar surface area (TPSA) is 355 Å². The minimum absolute atomic E-state index is 0.0661. The highest BCUT2D eigenvalue weighted by atomic mass is 19.4. The molecule has 0 aliphatic carbocycles. The molecule has 4 saturated heterocycles. The maximum Gasteiger partial charge on any atom is 0.431 e. The highest BCUT2D eigenvalue weighted by molar-refractivity contribution is 5.94. The summed E-state index contributed by atoms with van der Waals surface area (Å²) in [6.07, 6.45) is 5.34. The number of pyridine rings is 4. The second-order valence-corrected chi connectivity index (χ2v) is 29.8. The number of hydrogen-bond donors (Lipinski definition) is 4. The second-order valence-electron chi connectivity index (χ2n) is 29.8. The normalized spacial score (nSPS) is 14.5. The molecule has 12 heterocycles. The van der Waals surface area contributed by atoms with Crippen molar-refractivity contribution in [2.75, 3.05) is 111 Å². The Kier molecular flexibility index (Phi) is 24.7. The van der Waals surface area contributed by atoms with Crippen molar-refractivity contribution in [3.63, 3.8) is 0 Å². The molecule has 0 bridgehead atoms. The number of halogens is 7. The van der Waals surface area contributed by atoms with Crippen molar-refractivity contribution < 1.29 is 70.3 Å². The van der Waals surface area contributed by atoms with E-state index < -0.39 is 80.5 Å². The number of benzene rings is 4. The van der Waals surface area contributed by atoms with Gasteiger partial charge in [0.25, 0.3) is 22.2 Å². The van der Waals surface area contributed by atoms with Crippen LogP contribution in [0.15, 0.2) is 167 Å². The lowest BCUT2D eigenvalue weighted by atomic mass is 10.1. The van der Waals surface area contributed by atoms with Gasteiger partial charge in [-0.2, -0.15) is 13.2 Å². The van der Waals surface area contributed by atoms with E-state index in [4.69, 9.17) is 4.74 Å². The summed E-state index contributed by atoms with van der Waals surface area (Å²) in [5.74, 6) is -3.38. The Morgan fingerprint density at radius 1 is 0.385 bits per heavy atom. The number of phenolic OH excluding ortho intramolecular Hbond substituents is 4. The van der Waals surface area contributed by atoms with Gasteiger partial charge in [-0.15, -0.1) is 0 Å². The fraction of sp³-hybridized carbons (Fsp3) is 0.298. The first kappa shape index (κ1) is 85.5. The monoisotopic (exact) mass is 1680 g/mol. The molecule has 12 aromatic rings. The Morgan fingerprint density at radius 2 is 0.656 bits per heavy atom. The zero-order chi connectivity index (χ0) is 87.5. The lowest BCUT2D eigenvalue weighted by Gasteiger charge is -2.36. The van der Waals surface area contributed by atoms with Gasteiger partial charge in [-0.1, -0.05) is 37.4 Å². The van der Waals surface area contributed by atoms with Gasteiger partial charge in [0.1, 0.15) is 128 Å². The molecule has 8 aromatic heterocycles. The van der Waals surface area contributed by atoms with E-state index in [1.807, 2.05) is 9.80 Å². The molecule has 4 aliphatic rings. The average molecular weight is 1680 g/mol. The van der Waals surface area contributed by atoms with Crippen LogP contribution in [-0.2, 0) is 20.5 Å². The van der Waals surface area contributed by atoms with Gasteiger partial charge in [0.05, 0.1) is 21.5 Å². The van der Waals surface area contributed by atoms with E-state index in [-0.39, 0.29) is 110 Å². The summed E-state index contributed by atoms with van der Waals surface area (Å²) in [4.78, 5) is 135. The molecule has 0 radical (unpaired) electrons. The minimum Gasteiger partial charge on any atom is -0.506 e. The summed E-state index contributed by atoms with van der Waals surface area (Å²) in [6.45, 7) is 24.1. The molecule has 0 atom stereocenters. The van der Waals surface area contributed by atoms with Gasteiger partial charge in [-0.05, 0) is 146 Å². The SMILES string of the molecule is C=CC(=O)N1CCN(c2ncnc3c(=O)n(-c4c(O)cccc4F)c(C)cc23)CC1.C=CC(=O)N1CCN(c2ncnc3c(=O)n(-c4c(O)cccc4F)c(C)cc23)CC1.CC(C)(C)OC(=O)N1CCN(c2ncnc3c(=O)n(-c4c(O)cccc4F)c(C(F)(F)F)cc23)CC1.Cc1cc2c(N3CCCCC3)ncnc2c(=O)n1-c1c(O)cccc1F. The Balaban J connectivity index is 0.000000141. The number of amides is 3. The number of aromatic hydroxyl groups is 4. The molecule has 0 spiro atoms. The number of alkyl halides is 3. The van der Waals surface area contributed by atoms with Crippen molar-refractivity contribution in [2.24, 2.45) is 0 Å². The van der Waals surface area contributed by atoms with Crippen molar-refractivity contribution in [1.82, 2.24) is 72.8 Å². The van der Waals surface area contributed by atoms with Gasteiger partial charge in [0.15, 0.2) is 23.3 Å². The molecular formula is C84H82F7N19O12. The zero-order valence-corrected chi connectivity index (χ0v) is 66.8. The lowest BCUT2D eigenvalue weighted by molar-refractivity contribution is -0.142. The van der Waals surface area contributed by atoms with E-state index in [1.165, 1.54) is 102 Å². The number of aromatic nitrogens is 12. The maximum absolute atomic E-state index is 14.5. The van der Waals surface area contributed by atoms with E-state index in [1.54, 1.807) is 74.4 Å². The second kappa shape index (κ2) is 35.3. The van der Waals surface area contributed by atoms with Crippen molar-refractivity contribution in [2.45, 2.75) is 72.6 Å². The fourth-order valence-electron chi connectivity index (χ4n) is 15.0. The molecule has 38 heteroatoms.